The molecule has 1 aromatic carbocycles. The molecule has 0 aromatic heterocycles. The summed E-state index contributed by atoms with van der Waals surface area (Å²) in [6.07, 6.45) is 1.22. The van der Waals surface area contributed by atoms with Crippen molar-refractivity contribution in [2.24, 2.45) is 0 Å². The SMILES string of the molecule is CNCC[C@H]1CNc2cc(C)ccc21. The molecule has 0 saturated carbocycles. The van der Waals surface area contributed by atoms with Crippen LogP contribution in [0.4, 0.5) is 5.69 Å². The Balaban J connectivity index is 2.14. The highest BCUT2D eigenvalue weighted by atomic mass is 14.9. The van der Waals surface area contributed by atoms with Gasteiger partial charge in [0.2, 0.25) is 0 Å². The molecule has 0 bridgehead atoms. The summed E-state index contributed by atoms with van der Waals surface area (Å²) in [7, 11) is 2.01. The third-order valence-electron chi connectivity index (χ3n) is 2.93. The molecule has 1 atom stereocenters. The normalized spacial score (nSPS) is 19.1. The van der Waals surface area contributed by atoms with Crippen LogP contribution in [0.25, 0.3) is 0 Å². The Labute approximate surface area is 85.7 Å². The predicted octanol–water partition coefficient (Wildman–Crippen LogP) is 2.11. The monoisotopic (exact) mass is 190 g/mol. The zero-order valence-corrected chi connectivity index (χ0v) is 8.93. The van der Waals surface area contributed by atoms with Gasteiger partial charge >= 0.3 is 0 Å². The molecule has 0 aliphatic carbocycles. The Bertz CT molecular complexity index is 320. The Kier molecular flexibility index (Phi) is 2.73. The summed E-state index contributed by atoms with van der Waals surface area (Å²) in [4.78, 5) is 0. The van der Waals surface area contributed by atoms with Crippen LogP contribution in [-0.4, -0.2) is 20.1 Å². The van der Waals surface area contributed by atoms with E-state index >= 15 is 0 Å². The summed E-state index contributed by atoms with van der Waals surface area (Å²) in [5, 5.41) is 6.68. The maximum absolute atomic E-state index is 3.47. The maximum atomic E-state index is 3.47. The van der Waals surface area contributed by atoms with Crippen LogP contribution >= 0.6 is 0 Å². The zero-order chi connectivity index (χ0) is 9.97. The van der Waals surface area contributed by atoms with Crippen molar-refractivity contribution in [1.82, 2.24) is 5.32 Å². The van der Waals surface area contributed by atoms with Crippen LogP contribution in [0.1, 0.15) is 23.5 Å². The third-order valence-corrected chi connectivity index (χ3v) is 2.93. The fourth-order valence-electron chi connectivity index (χ4n) is 2.10. The van der Waals surface area contributed by atoms with Crippen molar-refractivity contribution in [3.05, 3.63) is 29.3 Å². The molecule has 14 heavy (non-hydrogen) atoms. The second-order valence-electron chi connectivity index (χ2n) is 4.06. The highest BCUT2D eigenvalue weighted by Gasteiger charge is 2.20. The van der Waals surface area contributed by atoms with Gasteiger partial charge in [-0.2, -0.15) is 0 Å². The van der Waals surface area contributed by atoms with Crippen LogP contribution in [0.3, 0.4) is 0 Å². The Hall–Kier alpha value is -1.02. The van der Waals surface area contributed by atoms with E-state index in [1.165, 1.54) is 23.2 Å². The van der Waals surface area contributed by atoms with Crippen LogP contribution in [-0.2, 0) is 0 Å². The third kappa shape index (κ3) is 1.75. The molecule has 0 radical (unpaired) electrons. The Morgan fingerprint density at radius 3 is 3.14 bits per heavy atom. The van der Waals surface area contributed by atoms with Crippen molar-refractivity contribution in [2.45, 2.75) is 19.3 Å². The second-order valence-corrected chi connectivity index (χ2v) is 4.06. The van der Waals surface area contributed by atoms with Crippen molar-refractivity contribution in [1.29, 1.82) is 0 Å². The molecule has 2 nitrogen and oxygen atoms in total. The molecular formula is C12H18N2. The fourth-order valence-corrected chi connectivity index (χ4v) is 2.10. The molecule has 0 amide bonds. The zero-order valence-electron chi connectivity index (χ0n) is 8.93. The molecule has 0 saturated heterocycles. The summed E-state index contributed by atoms with van der Waals surface area (Å²) in [6.45, 7) is 4.34. The highest BCUT2D eigenvalue weighted by molar-refractivity contribution is 5.59. The van der Waals surface area contributed by atoms with Gasteiger partial charge in [-0.3, -0.25) is 0 Å². The lowest BCUT2D eigenvalue weighted by atomic mass is 9.97. The number of anilines is 1. The van der Waals surface area contributed by atoms with E-state index in [9.17, 15) is 0 Å². The van der Waals surface area contributed by atoms with Crippen molar-refractivity contribution < 1.29 is 0 Å². The van der Waals surface area contributed by atoms with E-state index < -0.39 is 0 Å². The van der Waals surface area contributed by atoms with E-state index in [-0.39, 0.29) is 0 Å². The topological polar surface area (TPSA) is 24.1 Å². The van der Waals surface area contributed by atoms with Gasteiger partial charge in [0.25, 0.3) is 0 Å². The predicted molar refractivity (Wildman–Crippen MR) is 61.0 cm³/mol. The minimum atomic E-state index is 0.693. The molecule has 2 N–H and O–H groups in total. The molecule has 1 heterocycles. The number of rotatable bonds is 3. The van der Waals surface area contributed by atoms with E-state index in [4.69, 9.17) is 0 Å². The average Bonchev–Trinajstić information content (AvgIpc) is 2.57. The summed E-state index contributed by atoms with van der Waals surface area (Å²) in [5.74, 6) is 0.693. The number of fused-ring (bicyclic) bond motifs is 1. The quantitative estimate of drug-likeness (QED) is 0.763. The maximum Gasteiger partial charge on any atom is 0.0379 e. The summed E-state index contributed by atoms with van der Waals surface area (Å²) < 4.78 is 0. The first-order valence-electron chi connectivity index (χ1n) is 5.30. The van der Waals surface area contributed by atoms with Crippen molar-refractivity contribution >= 4 is 5.69 Å². The Morgan fingerprint density at radius 1 is 1.50 bits per heavy atom. The van der Waals surface area contributed by atoms with Crippen LogP contribution in [0.5, 0.6) is 0 Å². The van der Waals surface area contributed by atoms with Gasteiger partial charge in [0.05, 0.1) is 0 Å². The molecule has 2 rings (SSSR count). The Morgan fingerprint density at radius 2 is 2.36 bits per heavy atom. The van der Waals surface area contributed by atoms with Gasteiger partial charge in [-0.25, -0.2) is 0 Å². The standard InChI is InChI=1S/C12H18N2/c1-9-3-4-11-10(5-6-13-2)8-14-12(11)7-9/h3-4,7,10,13-14H,5-6,8H2,1-2H3/t10-/m0/s1. The first-order valence-corrected chi connectivity index (χ1v) is 5.30. The molecule has 0 fully saturated rings. The van der Waals surface area contributed by atoms with Gasteiger partial charge in [0.1, 0.15) is 0 Å². The lowest BCUT2D eigenvalue weighted by molar-refractivity contribution is 0.634. The number of hydrogen-bond donors (Lipinski definition) is 2. The molecule has 1 aliphatic rings. The lowest BCUT2D eigenvalue weighted by Gasteiger charge is -2.09. The lowest BCUT2D eigenvalue weighted by Crippen LogP contribution is -2.13. The van der Waals surface area contributed by atoms with Gasteiger partial charge in [-0.15, -0.1) is 0 Å². The smallest absolute Gasteiger partial charge is 0.0379 e. The highest BCUT2D eigenvalue weighted by Crippen LogP contribution is 2.33. The van der Waals surface area contributed by atoms with Gasteiger partial charge in [-0.05, 0) is 44.1 Å². The van der Waals surface area contributed by atoms with Gasteiger partial charge < -0.3 is 10.6 Å². The number of hydrogen-bond acceptors (Lipinski definition) is 2. The molecule has 76 valence electrons. The van der Waals surface area contributed by atoms with E-state index in [1.54, 1.807) is 0 Å². The first-order chi connectivity index (χ1) is 6.81. The number of aryl methyl sites for hydroxylation is 1. The van der Waals surface area contributed by atoms with E-state index in [1.807, 2.05) is 7.05 Å². The van der Waals surface area contributed by atoms with E-state index in [0.717, 1.165) is 13.1 Å². The molecule has 0 unspecified atom stereocenters. The molecule has 1 aliphatic heterocycles. The van der Waals surface area contributed by atoms with Crippen molar-refractivity contribution in [3.63, 3.8) is 0 Å². The molecular weight excluding hydrogens is 172 g/mol. The largest absolute Gasteiger partial charge is 0.384 e. The molecule has 1 aromatic rings. The molecule has 0 spiro atoms. The summed E-state index contributed by atoms with van der Waals surface area (Å²) in [6, 6.07) is 6.72. The summed E-state index contributed by atoms with van der Waals surface area (Å²) >= 11 is 0. The fraction of sp³-hybridized carbons (Fsp3) is 0.500. The first kappa shape index (κ1) is 9.53. The van der Waals surface area contributed by atoms with Crippen LogP contribution in [0.15, 0.2) is 18.2 Å². The average molecular weight is 190 g/mol. The van der Waals surface area contributed by atoms with Gasteiger partial charge in [-0.1, -0.05) is 12.1 Å². The van der Waals surface area contributed by atoms with Crippen LogP contribution < -0.4 is 10.6 Å². The van der Waals surface area contributed by atoms with Crippen molar-refractivity contribution in [3.8, 4) is 0 Å². The van der Waals surface area contributed by atoms with Crippen LogP contribution in [0, 0.1) is 6.92 Å². The number of benzene rings is 1. The van der Waals surface area contributed by atoms with Crippen molar-refractivity contribution in [2.75, 3.05) is 25.5 Å². The summed E-state index contributed by atoms with van der Waals surface area (Å²) in [5.41, 5.74) is 4.17. The van der Waals surface area contributed by atoms with E-state index in [0.29, 0.717) is 5.92 Å². The number of nitrogens with one attached hydrogen (secondary N) is 2. The minimum absolute atomic E-state index is 0.693. The second kappa shape index (κ2) is 4.01. The van der Waals surface area contributed by atoms with E-state index in [2.05, 4.69) is 35.8 Å². The van der Waals surface area contributed by atoms with Crippen LogP contribution in [0.2, 0.25) is 0 Å². The van der Waals surface area contributed by atoms with Gasteiger partial charge in [0.15, 0.2) is 0 Å². The van der Waals surface area contributed by atoms with Gasteiger partial charge in [0, 0.05) is 18.2 Å². The molecule has 2 heteroatoms. The minimum Gasteiger partial charge on any atom is -0.384 e.